The third-order valence-corrected chi connectivity index (χ3v) is 9.31. The molecule has 0 aromatic heterocycles. The molecule has 6 heteroatoms. The highest BCUT2D eigenvalue weighted by atomic mass is 16.1. The van der Waals surface area contributed by atoms with Crippen LogP contribution in [0.5, 0.6) is 0 Å². The van der Waals surface area contributed by atoms with Crippen LogP contribution in [0.2, 0.25) is 0 Å². The number of ketones is 2. The summed E-state index contributed by atoms with van der Waals surface area (Å²) in [6, 6.07) is 36.5. The fourth-order valence-corrected chi connectivity index (χ4v) is 6.13. The van der Waals surface area contributed by atoms with Gasteiger partial charge in [-0.05, 0) is 72.5 Å². The zero-order chi connectivity index (χ0) is 37.0. The molecule has 0 N–H and O–H groups in total. The second-order valence-corrected chi connectivity index (χ2v) is 14.0. The quantitative estimate of drug-likeness (QED) is 0.0437. The molecular weight excluding hydrogens is 641 g/mol. The van der Waals surface area contributed by atoms with Crippen molar-refractivity contribution in [2.45, 2.75) is 64.5 Å². The van der Waals surface area contributed by atoms with Crippen LogP contribution in [0, 0.1) is 0 Å². The second kappa shape index (κ2) is 22.0. The average molecular weight is 699 g/mol. The lowest BCUT2D eigenvalue weighted by molar-refractivity contribution is 0.103. The van der Waals surface area contributed by atoms with Crippen LogP contribution in [0.15, 0.2) is 134 Å². The summed E-state index contributed by atoms with van der Waals surface area (Å²) in [4.78, 5) is 34.4. The molecule has 6 nitrogen and oxygen atoms in total. The monoisotopic (exact) mass is 698 g/mol. The second-order valence-electron chi connectivity index (χ2n) is 14.0. The van der Waals surface area contributed by atoms with Crippen molar-refractivity contribution in [1.82, 2.24) is 9.80 Å². The van der Waals surface area contributed by atoms with Crippen LogP contribution < -0.4 is 9.80 Å². The van der Waals surface area contributed by atoms with Gasteiger partial charge in [0.25, 0.3) is 0 Å². The lowest BCUT2D eigenvalue weighted by Gasteiger charge is -2.21. The zero-order valence-electron chi connectivity index (χ0n) is 31.8. The third kappa shape index (κ3) is 14.3. The van der Waals surface area contributed by atoms with Crippen molar-refractivity contribution in [2.24, 2.45) is 0 Å². The topological polar surface area (TPSA) is 47.1 Å². The number of carbonyl (C=O) groups excluding carboxylic acids is 2. The number of unbranched alkanes of at least 4 members (excludes halogenated alkanes) is 7. The molecule has 4 aromatic carbocycles. The number of hydrogen-bond acceptors (Lipinski definition) is 6. The first-order valence-corrected chi connectivity index (χ1v) is 18.8. The van der Waals surface area contributed by atoms with Crippen molar-refractivity contribution in [1.29, 1.82) is 0 Å². The molecule has 0 amide bonds. The van der Waals surface area contributed by atoms with Crippen molar-refractivity contribution >= 4 is 22.9 Å². The van der Waals surface area contributed by atoms with Crippen LogP contribution in [0.1, 0.15) is 83.2 Å². The van der Waals surface area contributed by atoms with Gasteiger partial charge in [-0.15, -0.1) is 0 Å². The standard InChI is InChI=1S/C46H58N4O2/c1-47(2)43-27-23-41(24-28-43)45(51)31-35-49(37-39-19-13-11-14-20-39)33-17-9-7-5-6-8-10-18-34-50(38-40-21-15-12-16-22-40)36-32-46(52)42-25-29-44(30-26-42)48(3)4/h11-16,19-32,35-36H,5-10,17-18,33-34,37-38H2,1-4H3. The highest BCUT2D eigenvalue weighted by Gasteiger charge is 2.08. The van der Waals surface area contributed by atoms with Gasteiger partial charge in [-0.3, -0.25) is 9.59 Å². The minimum Gasteiger partial charge on any atom is -0.378 e. The van der Waals surface area contributed by atoms with E-state index < -0.39 is 0 Å². The van der Waals surface area contributed by atoms with E-state index in [1.165, 1.54) is 49.7 Å². The number of benzene rings is 4. The van der Waals surface area contributed by atoms with E-state index in [-0.39, 0.29) is 11.6 Å². The van der Waals surface area contributed by atoms with E-state index in [0.29, 0.717) is 11.1 Å². The first-order valence-electron chi connectivity index (χ1n) is 18.8. The van der Waals surface area contributed by atoms with Gasteiger partial charge in [0.05, 0.1) is 0 Å². The van der Waals surface area contributed by atoms with Crippen LogP contribution in [-0.4, -0.2) is 62.6 Å². The maximum absolute atomic E-state index is 12.9. The number of allylic oxidation sites excluding steroid dienone is 2. The molecule has 0 radical (unpaired) electrons. The number of hydrogen-bond donors (Lipinski definition) is 0. The SMILES string of the molecule is CN(C)c1ccc(C(=O)C=CN(CCCCCCCCCCN(C=CC(=O)c2ccc(N(C)C)cc2)Cc2ccccc2)Cc2ccccc2)cc1. The van der Waals surface area contributed by atoms with E-state index in [2.05, 4.69) is 58.3 Å². The largest absolute Gasteiger partial charge is 0.378 e. The molecule has 0 aliphatic rings. The van der Waals surface area contributed by atoms with Gasteiger partial charge in [0.15, 0.2) is 11.6 Å². The molecule has 0 unspecified atom stereocenters. The van der Waals surface area contributed by atoms with Gasteiger partial charge < -0.3 is 19.6 Å². The minimum absolute atomic E-state index is 0.0297. The summed E-state index contributed by atoms with van der Waals surface area (Å²) in [6.45, 7) is 3.43. The first kappa shape index (κ1) is 39.7. The van der Waals surface area contributed by atoms with E-state index in [4.69, 9.17) is 0 Å². The van der Waals surface area contributed by atoms with Gasteiger partial charge in [-0.2, -0.15) is 0 Å². The van der Waals surface area contributed by atoms with Gasteiger partial charge in [-0.25, -0.2) is 0 Å². The van der Waals surface area contributed by atoms with Gasteiger partial charge in [0, 0.05) is 101 Å². The Bertz CT molecular complexity index is 1540. The molecule has 0 atom stereocenters. The molecular formula is C46H58N4O2. The first-order chi connectivity index (χ1) is 25.3. The Labute approximate surface area is 313 Å². The Morgan fingerprint density at radius 1 is 0.442 bits per heavy atom. The van der Waals surface area contributed by atoms with E-state index in [9.17, 15) is 9.59 Å². The maximum atomic E-state index is 12.9. The summed E-state index contributed by atoms with van der Waals surface area (Å²) in [7, 11) is 8.00. The summed E-state index contributed by atoms with van der Waals surface area (Å²) in [5, 5.41) is 0. The predicted molar refractivity (Wildman–Crippen MR) is 219 cm³/mol. The molecule has 0 aliphatic heterocycles. The lowest BCUT2D eigenvalue weighted by atomic mass is 10.1. The van der Waals surface area contributed by atoms with E-state index >= 15 is 0 Å². The third-order valence-electron chi connectivity index (χ3n) is 9.31. The van der Waals surface area contributed by atoms with Crippen LogP contribution in [0.4, 0.5) is 11.4 Å². The normalized spacial score (nSPS) is 11.2. The molecule has 0 saturated carbocycles. The zero-order valence-corrected chi connectivity index (χ0v) is 31.8. The highest BCUT2D eigenvalue weighted by Crippen LogP contribution is 2.16. The molecule has 52 heavy (non-hydrogen) atoms. The van der Waals surface area contributed by atoms with Crippen molar-refractivity contribution in [3.05, 3.63) is 156 Å². The Kier molecular flexibility index (Phi) is 16.8. The fraction of sp³-hybridized carbons (Fsp3) is 0.348. The van der Waals surface area contributed by atoms with Gasteiger partial charge >= 0.3 is 0 Å². The van der Waals surface area contributed by atoms with Gasteiger partial charge in [0.1, 0.15) is 0 Å². The van der Waals surface area contributed by atoms with Crippen molar-refractivity contribution in [3.63, 3.8) is 0 Å². The van der Waals surface area contributed by atoms with E-state index in [1.54, 1.807) is 12.2 Å². The number of nitrogens with zero attached hydrogens (tertiary/aromatic N) is 4. The Balaban J connectivity index is 1.17. The molecule has 4 rings (SSSR count). The lowest BCUT2D eigenvalue weighted by Crippen LogP contribution is -2.19. The predicted octanol–water partition coefficient (Wildman–Crippen LogP) is 10.0. The van der Waals surface area contributed by atoms with Crippen molar-refractivity contribution in [2.75, 3.05) is 51.1 Å². The maximum Gasteiger partial charge on any atom is 0.187 e. The van der Waals surface area contributed by atoms with Crippen LogP contribution in [0.3, 0.4) is 0 Å². The number of rotatable bonds is 23. The molecule has 0 fully saturated rings. The minimum atomic E-state index is 0.0297. The molecule has 0 spiro atoms. The van der Waals surface area contributed by atoms with Crippen molar-refractivity contribution < 1.29 is 9.59 Å². The van der Waals surface area contributed by atoms with E-state index in [1.807, 2.05) is 111 Å². The average Bonchev–Trinajstić information content (AvgIpc) is 3.17. The van der Waals surface area contributed by atoms with E-state index in [0.717, 1.165) is 50.4 Å². The molecule has 274 valence electrons. The molecule has 4 aromatic rings. The van der Waals surface area contributed by atoms with Crippen LogP contribution in [-0.2, 0) is 13.1 Å². The van der Waals surface area contributed by atoms with Crippen LogP contribution >= 0.6 is 0 Å². The Hall–Kier alpha value is -5.10. The number of carbonyl (C=O) groups is 2. The van der Waals surface area contributed by atoms with Crippen molar-refractivity contribution in [3.8, 4) is 0 Å². The Morgan fingerprint density at radius 3 is 1.10 bits per heavy atom. The highest BCUT2D eigenvalue weighted by molar-refractivity contribution is 6.05. The summed E-state index contributed by atoms with van der Waals surface area (Å²) in [5.41, 5.74) is 6.07. The molecule has 0 bridgehead atoms. The summed E-state index contributed by atoms with van der Waals surface area (Å²) < 4.78 is 0. The molecule has 0 heterocycles. The van der Waals surface area contributed by atoms with Gasteiger partial charge in [-0.1, -0.05) is 99.2 Å². The molecule has 0 aliphatic carbocycles. The summed E-state index contributed by atoms with van der Waals surface area (Å²) in [6.07, 6.45) is 16.9. The molecule has 0 saturated heterocycles. The number of anilines is 2. The smallest absolute Gasteiger partial charge is 0.187 e. The fourth-order valence-electron chi connectivity index (χ4n) is 6.13. The van der Waals surface area contributed by atoms with Crippen LogP contribution in [0.25, 0.3) is 0 Å². The Morgan fingerprint density at radius 2 is 0.769 bits per heavy atom. The van der Waals surface area contributed by atoms with Gasteiger partial charge in [0.2, 0.25) is 0 Å². The summed E-state index contributed by atoms with van der Waals surface area (Å²) in [5.74, 6) is 0.0594. The summed E-state index contributed by atoms with van der Waals surface area (Å²) >= 11 is 0.